The Morgan fingerprint density at radius 1 is 0.968 bits per heavy atom. The Hall–Kier alpha value is -2.44. The zero-order valence-corrected chi connectivity index (χ0v) is 18.5. The fourth-order valence-electron chi connectivity index (χ4n) is 6.20. The first-order valence-electron chi connectivity index (χ1n) is 11.8. The van der Waals surface area contributed by atoms with Gasteiger partial charge in [0.1, 0.15) is 11.5 Å². The highest BCUT2D eigenvalue weighted by Gasteiger charge is 2.38. The molecule has 2 bridgehead atoms. The molecule has 4 atom stereocenters. The Kier molecular flexibility index (Phi) is 4.73. The van der Waals surface area contributed by atoms with E-state index in [-0.39, 0.29) is 0 Å². The standard InChI is InChI=1S/C25H32N6/c1-17-6-5-13-27-25(17)22-8-3-7-21(29(22)2)20-16-30-23(28-20)9-4-10-24(30)31-18-11-12-19(31)15-26-14-18/h4-6,9-10,13,16,18-19,21-22,26H,3,7-8,11-12,14-15H2,1-2H3. The first-order valence-corrected chi connectivity index (χ1v) is 11.8. The van der Waals surface area contributed by atoms with Crippen LogP contribution in [0.5, 0.6) is 0 Å². The lowest BCUT2D eigenvalue weighted by Gasteiger charge is -2.39. The number of anilines is 1. The van der Waals surface area contributed by atoms with Crippen molar-refractivity contribution in [3.63, 3.8) is 0 Å². The van der Waals surface area contributed by atoms with E-state index in [0.29, 0.717) is 24.2 Å². The highest BCUT2D eigenvalue weighted by molar-refractivity contribution is 5.55. The molecule has 3 aromatic rings. The maximum absolute atomic E-state index is 5.12. The lowest BCUT2D eigenvalue weighted by molar-refractivity contribution is 0.109. The van der Waals surface area contributed by atoms with E-state index in [4.69, 9.17) is 9.97 Å². The van der Waals surface area contributed by atoms with Crippen LogP contribution in [0.1, 0.15) is 61.1 Å². The third-order valence-corrected chi connectivity index (χ3v) is 7.78. The molecule has 6 heterocycles. The van der Waals surface area contributed by atoms with Crippen LogP contribution in [0.4, 0.5) is 5.82 Å². The SMILES string of the molecule is Cc1cccnc1C1CCCC(c2cn3c(N4C5CCC4CNC5)cccc3n2)N1C. The number of hydrogen-bond acceptors (Lipinski definition) is 5. The molecule has 3 aromatic heterocycles. The summed E-state index contributed by atoms with van der Waals surface area (Å²) in [7, 11) is 2.25. The summed E-state index contributed by atoms with van der Waals surface area (Å²) in [6.07, 6.45) is 10.3. The molecule has 31 heavy (non-hydrogen) atoms. The van der Waals surface area contributed by atoms with Gasteiger partial charge in [0.15, 0.2) is 0 Å². The van der Waals surface area contributed by atoms with E-state index >= 15 is 0 Å². The molecule has 162 valence electrons. The third-order valence-electron chi connectivity index (χ3n) is 7.78. The van der Waals surface area contributed by atoms with Gasteiger partial charge in [-0.05, 0) is 69.8 Å². The molecule has 3 aliphatic rings. The van der Waals surface area contributed by atoms with Gasteiger partial charge in [-0.1, -0.05) is 12.1 Å². The van der Waals surface area contributed by atoms with E-state index in [1.807, 2.05) is 12.3 Å². The van der Waals surface area contributed by atoms with Crippen LogP contribution >= 0.6 is 0 Å². The number of likely N-dealkylation sites (tertiary alicyclic amines) is 1. The van der Waals surface area contributed by atoms with Gasteiger partial charge in [0, 0.05) is 37.6 Å². The van der Waals surface area contributed by atoms with Crippen molar-refractivity contribution in [3.05, 3.63) is 59.7 Å². The maximum Gasteiger partial charge on any atom is 0.138 e. The number of piperazine rings is 1. The summed E-state index contributed by atoms with van der Waals surface area (Å²) in [4.78, 5) is 15.0. The fraction of sp³-hybridized carbons (Fsp3) is 0.520. The minimum absolute atomic E-state index is 0.327. The van der Waals surface area contributed by atoms with Gasteiger partial charge in [-0.15, -0.1) is 0 Å². The fourth-order valence-corrected chi connectivity index (χ4v) is 6.20. The van der Waals surface area contributed by atoms with Gasteiger partial charge in [-0.2, -0.15) is 0 Å². The van der Waals surface area contributed by atoms with Gasteiger partial charge in [-0.3, -0.25) is 14.3 Å². The van der Waals surface area contributed by atoms with Crippen molar-refractivity contribution in [2.45, 2.75) is 63.2 Å². The molecule has 4 unspecified atom stereocenters. The van der Waals surface area contributed by atoms with Gasteiger partial charge >= 0.3 is 0 Å². The average molecular weight is 417 g/mol. The second-order valence-corrected chi connectivity index (χ2v) is 9.56. The van der Waals surface area contributed by atoms with Crippen molar-refractivity contribution in [3.8, 4) is 0 Å². The molecule has 0 saturated carbocycles. The van der Waals surface area contributed by atoms with Gasteiger partial charge in [0.05, 0.1) is 23.5 Å². The first kappa shape index (κ1) is 19.3. The molecule has 3 fully saturated rings. The van der Waals surface area contributed by atoms with Crippen LogP contribution in [0.15, 0.2) is 42.7 Å². The van der Waals surface area contributed by atoms with Crippen LogP contribution in [0.3, 0.4) is 0 Å². The van der Waals surface area contributed by atoms with E-state index in [1.165, 1.54) is 42.0 Å². The van der Waals surface area contributed by atoms with E-state index in [0.717, 1.165) is 31.6 Å². The summed E-state index contributed by atoms with van der Waals surface area (Å²) in [5, 5.41) is 3.60. The number of fused-ring (bicyclic) bond motifs is 3. The van der Waals surface area contributed by atoms with Crippen molar-refractivity contribution in [2.75, 3.05) is 25.0 Å². The van der Waals surface area contributed by atoms with Crippen molar-refractivity contribution >= 4 is 11.5 Å². The Labute approximate surface area is 184 Å². The Morgan fingerprint density at radius 3 is 2.58 bits per heavy atom. The van der Waals surface area contributed by atoms with Crippen molar-refractivity contribution in [1.82, 2.24) is 24.6 Å². The summed E-state index contributed by atoms with van der Waals surface area (Å²) in [6, 6.07) is 12.7. The molecule has 3 aliphatic heterocycles. The van der Waals surface area contributed by atoms with Crippen LogP contribution in [0, 0.1) is 6.92 Å². The molecule has 6 heteroatoms. The number of rotatable bonds is 3. The molecule has 6 nitrogen and oxygen atoms in total. The zero-order valence-electron chi connectivity index (χ0n) is 18.5. The normalized spacial score (nSPS) is 29.0. The Bertz CT molecular complexity index is 1070. The smallest absolute Gasteiger partial charge is 0.138 e. The lowest BCUT2D eigenvalue weighted by atomic mass is 9.91. The van der Waals surface area contributed by atoms with Crippen LogP contribution in [-0.4, -0.2) is 51.5 Å². The summed E-state index contributed by atoms with van der Waals surface area (Å²) in [5.74, 6) is 1.31. The van der Waals surface area contributed by atoms with E-state index in [9.17, 15) is 0 Å². The average Bonchev–Trinajstić information content (AvgIpc) is 3.32. The molecular formula is C25H32N6. The van der Waals surface area contributed by atoms with Crippen LogP contribution < -0.4 is 10.2 Å². The van der Waals surface area contributed by atoms with Crippen molar-refractivity contribution in [2.24, 2.45) is 0 Å². The molecule has 3 saturated heterocycles. The van der Waals surface area contributed by atoms with Crippen molar-refractivity contribution < 1.29 is 0 Å². The van der Waals surface area contributed by atoms with Gasteiger partial charge in [0.25, 0.3) is 0 Å². The number of aromatic nitrogens is 3. The summed E-state index contributed by atoms with van der Waals surface area (Å²) in [6.45, 7) is 4.36. The first-order chi connectivity index (χ1) is 15.2. The molecule has 0 spiro atoms. The van der Waals surface area contributed by atoms with Crippen molar-refractivity contribution in [1.29, 1.82) is 0 Å². The number of nitrogens with one attached hydrogen (secondary N) is 1. The number of imidazole rings is 1. The molecule has 6 rings (SSSR count). The molecule has 0 aromatic carbocycles. The molecule has 0 radical (unpaired) electrons. The third kappa shape index (κ3) is 3.15. The number of nitrogens with zero attached hydrogens (tertiary/aromatic N) is 5. The van der Waals surface area contributed by atoms with Gasteiger partial charge in [-0.25, -0.2) is 4.98 Å². The lowest BCUT2D eigenvalue weighted by Crippen LogP contribution is -2.52. The van der Waals surface area contributed by atoms with Gasteiger partial charge < -0.3 is 10.2 Å². The van der Waals surface area contributed by atoms with Crippen LogP contribution in [0.2, 0.25) is 0 Å². The summed E-state index contributed by atoms with van der Waals surface area (Å²) in [5.41, 5.74) is 4.76. The molecule has 1 N–H and O–H groups in total. The molecule has 0 aliphatic carbocycles. The van der Waals surface area contributed by atoms with E-state index < -0.39 is 0 Å². The monoisotopic (exact) mass is 416 g/mol. The van der Waals surface area contributed by atoms with Crippen LogP contribution in [0.25, 0.3) is 5.65 Å². The minimum atomic E-state index is 0.327. The number of aryl methyl sites for hydroxylation is 1. The predicted molar refractivity (Wildman–Crippen MR) is 123 cm³/mol. The Morgan fingerprint density at radius 2 is 1.77 bits per heavy atom. The molecule has 0 amide bonds. The number of piperidine rings is 1. The van der Waals surface area contributed by atoms with Gasteiger partial charge in [0.2, 0.25) is 0 Å². The highest BCUT2D eigenvalue weighted by atomic mass is 15.3. The highest BCUT2D eigenvalue weighted by Crippen LogP contribution is 2.41. The minimum Gasteiger partial charge on any atom is -0.349 e. The largest absolute Gasteiger partial charge is 0.349 e. The number of hydrogen-bond donors (Lipinski definition) is 1. The summed E-state index contributed by atoms with van der Waals surface area (Å²) < 4.78 is 2.34. The quantitative estimate of drug-likeness (QED) is 0.702. The second kappa shape index (κ2) is 7.61. The topological polar surface area (TPSA) is 48.7 Å². The summed E-state index contributed by atoms with van der Waals surface area (Å²) >= 11 is 0. The Balaban J connectivity index is 1.35. The second-order valence-electron chi connectivity index (χ2n) is 9.56. The number of pyridine rings is 2. The maximum atomic E-state index is 5.12. The zero-order chi connectivity index (χ0) is 20.9. The predicted octanol–water partition coefficient (Wildman–Crippen LogP) is 3.88. The van der Waals surface area contributed by atoms with E-state index in [1.54, 1.807) is 0 Å². The van der Waals surface area contributed by atoms with Crippen LogP contribution in [-0.2, 0) is 0 Å². The molecular weight excluding hydrogens is 384 g/mol. The van der Waals surface area contributed by atoms with E-state index in [2.05, 4.69) is 64.0 Å².